The van der Waals surface area contributed by atoms with Crippen molar-refractivity contribution in [1.82, 2.24) is 4.90 Å². The van der Waals surface area contributed by atoms with Crippen LogP contribution in [0.1, 0.15) is 0 Å². The minimum Gasteiger partial charge on any atom is -0.493 e. The summed E-state index contributed by atoms with van der Waals surface area (Å²) < 4.78 is 12.1. The molecule has 0 aliphatic carbocycles. The summed E-state index contributed by atoms with van der Waals surface area (Å²) in [5.74, 6) is 1.37. The number of amides is 1. The summed E-state index contributed by atoms with van der Waals surface area (Å²) in [5, 5.41) is 2.88. The molecule has 0 aliphatic heterocycles. The van der Waals surface area contributed by atoms with Crippen molar-refractivity contribution >= 4 is 34.2 Å². The van der Waals surface area contributed by atoms with Crippen LogP contribution in [0.5, 0.6) is 11.5 Å². The smallest absolute Gasteiger partial charge is 0.238 e. The molecule has 2 rings (SSSR count). The monoisotopic (exact) mass is 440 g/mol. The van der Waals surface area contributed by atoms with Gasteiger partial charge in [0.2, 0.25) is 5.91 Å². The van der Waals surface area contributed by atoms with Crippen molar-refractivity contribution in [3.63, 3.8) is 0 Å². The van der Waals surface area contributed by atoms with Gasteiger partial charge in [-0.15, -0.1) is 0 Å². The highest BCUT2D eigenvalue weighted by Crippen LogP contribution is 2.25. The number of halogens is 1. The summed E-state index contributed by atoms with van der Waals surface area (Å²) in [7, 11) is 3.50. The molecular formula is C18H21IN2O3. The third-order valence-corrected chi connectivity index (χ3v) is 4.06. The number of nitrogens with one attached hydrogen (secondary N) is 1. The van der Waals surface area contributed by atoms with Crippen LogP contribution in [0.25, 0.3) is 0 Å². The summed E-state index contributed by atoms with van der Waals surface area (Å²) in [6, 6.07) is 15.2. The van der Waals surface area contributed by atoms with Crippen LogP contribution in [-0.2, 0) is 4.79 Å². The summed E-state index contributed by atoms with van der Waals surface area (Å²) in [6.45, 7) is 1.42. The molecule has 1 amide bonds. The standard InChI is InChI=1S/C18H21IN2O3/c1-21(11-12-24-17-6-4-3-5-16(17)23-2)13-18(22)20-15-9-7-14(19)8-10-15/h3-10H,11-13H2,1-2H3,(H,20,22). The molecule has 128 valence electrons. The maximum absolute atomic E-state index is 12.0. The van der Waals surface area contributed by atoms with Gasteiger partial charge in [-0.05, 0) is 66.0 Å². The first kappa shape index (κ1) is 18.5. The average Bonchev–Trinajstić information content (AvgIpc) is 2.57. The molecule has 0 heterocycles. The van der Waals surface area contributed by atoms with Gasteiger partial charge in [0.25, 0.3) is 0 Å². The van der Waals surface area contributed by atoms with E-state index in [1.165, 1.54) is 0 Å². The van der Waals surface area contributed by atoms with E-state index in [9.17, 15) is 4.79 Å². The third-order valence-electron chi connectivity index (χ3n) is 3.34. The van der Waals surface area contributed by atoms with Crippen LogP contribution in [-0.4, -0.2) is 44.7 Å². The zero-order valence-corrected chi connectivity index (χ0v) is 15.9. The number of methoxy groups -OCH3 is 1. The molecule has 0 unspecified atom stereocenters. The molecule has 0 bridgehead atoms. The summed E-state index contributed by atoms with van der Waals surface area (Å²) in [6.07, 6.45) is 0. The molecule has 6 heteroatoms. The predicted molar refractivity (Wildman–Crippen MR) is 104 cm³/mol. The minimum absolute atomic E-state index is 0.0454. The Hall–Kier alpha value is -1.80. The number of para-hydroxylation sites is 2. The van der Waals surface area contributed by atoms with E-state index in [-0.39, 0.29) is 5.91 Å². The van der Waals surface area contributed by atoms with Crippen LogP contribution in [0.15, 0.2) is 48.5 Å². The summed E-state index contributed by atoms with van der Waals surface area (Å²) >= 11 is 2.23. The maximum atomic E-state index is 12.0. The first-order chi connectivity index (χ1) is 11.6. The van der Waals surface area contributed by atoms with Crippen LogP contribution in [0.2, 0.25) is 0 Å². The minimum atomic E-state index is -0.0454. The van der Waals surface area contributed by atoms with Gasteiger partial charge in [0, 0.05) is 15.8 Å². The topological polar surface area (TPSA) is 50.8 Å². The number of likely N-dealkylation sites (N-methyl/N-ethyl adjacent to an activating group) is 1. The first-order valence-electron chi connectivity index (χ1n) is 7.58. The number of rotatable bonds is 8. The fourth-order valence-corrected chi connectivity index (χ4v) is 2.47. The molecule has 0 radical (unpaired) electrons. The molecule has 0 saturated carbocycles. The van der Waals surface area contributed by atoms with Crippen molar-refractivity contribution in [1.29, 1.82) is 0 Å². The number of carbonyl (C=O) groups is 1. The van der Waals surface area contributed by atoms with Gasteiger partial charge in [0.1, 0.15) is 6.61 Å². The van der Waals surface area contributed by atoms with Crippen molar-refractivity contribution in [3.05, 3.63) is 52.1 Å². The van der Waals surface area contributed by atoms with E-state index in [1.54, 1.807) is 7.11 Å². The number of ether oxygens (including phenoxy) is 2. The maximum Gasteiger partial charge on any atom is 0.238 e. The molecular weight excluding hydrogens is 419 g/mol. The SMILES string of the molecule is COc1ccccc1OCCN(C)CC(=O)Nc1ccc(I)cc1. The van der Waals surface area contributed by atoms with E-state index in [0.717, 1.165) is 9.26 Å². The quantitative estimate of drug-likeness (QED) is 0.641. The van der Waals surface area contributed by atoms with Gasteiger partial charge < -0.3 is 14.8 Å². The number of hydrogen-bond acceptors (Lipinski definition) is 4. The number of nitrogens with zero attached hydrogens (tertiary/aromatic N) is 1. The van der Waals surface area contributed by atoms with Crippen molar-refractivity contribution in [2.45, 2.75) is 0 Å². The van der Waals surface area contributed by atoms with E-state index in [4.69, 9.17) is 9.47 Å². The summed E-state index contributed by atoms with van der Waals surface area (Å²) in [4.78, 5) is 13.9. The molecule has 2 aromatic rings. The Bertz CT molecular complexity index is 662. The first-order valence-corrected chi connectivity index (χ1v) is 8.66. The van der Waals surface area contributed by atoms with Gasteiger partial charge in [-0.25, -0.2) is 0 Å². The molecule has 5 nitrogen and oxygen atoms in total. The Morgan fingerprint density at radius 1 is 1.12 bits per heavy atom. The molecule has 0 aliphatic rings. The Morgan fingerprint density at radius 3 is 2.46 bits per heavy atom. The zero-order valence-electron chi connectivity index (χ0n) is 13.8. The van der Waals surface area contributed by atoms with E-state index in [0.29, 0.717) is 31.2 Å². The van der Waals surface area contributed by atoms with Crippen LogP contribution in [0.3, 0.4) is 0 Å². The fraction of sp³-hybridized carbons (Fsp3) is 0.278. The zero-order chi connectivity index (χ0) is 17.4. The molecule has 0 fully saturated rings. The Kier molecular flexibility index (Phi) is 7.33. The third kappa shape index (κ3) is 6.01. The lowest BCUT2D eigenvalue weighted by atomic mass is 10.3. The van der Waals surface area contributed by atoms with Crippen LogP contribution in [0.4, 0.5) is 5.69 Å². The second-order valence-electron chi connectivity index (χ2n) is 5.29. The van der Waals surface area contributed by atoms with Crippen molar-refractivity contribution < 1.29 is 14.3 Å². The Balaban J connectivity index is 1.73. The van der Waals surface area contributed by atoms with E-state index in [2.05, 4.69) is 27.9 Å². The van der Waals surface area contributed by atoms with Gasteiger partial charge in [-0.1, -0.05) is 12.1 Å². The lowest BCUT2D eigenvalue weighted by molar-refractivity contribution is -0.117. The number of benzene rings is 2. The van der Waals surface area contributed by atoms with Gasteiger partial charge >= 0.3 is 0 Å². The number of anilines is 1. The highest BCUT2D eigenvalue weighted by atomic mass is 127. The molecule has 2 aromatic carbocycles. The normalized spacial score (nSPS) is 10.5. The largest absolute Gasteiger partial charge is 0.493 e. The average molecular weight is 440 g/mol. The van der Waals surface area contributed by atoms with Crippen molar-refractivity contribution in [3.8, 4) is 11.5 Å². The molecule has 0 aromatic heterocycles. The Morgan fingerprint density at radius 2 is 1.79 bits per heavy atom. The molecule has 1 N–H and O–H groups in total. The lowest BCUT2D eigenvalue weighted by Crippen LogP contribution is -2.33. The van der Waals surface area contributed by atoms with E-state index < -0.39 is 0 Å². The molecule has 0 saturated heterocycles. The highest BCUT2D eigenvalue weighted by Gasteiger charge is 2.08. The van der Waals surface area contributed by atoms with Gasteiger partial charge in [0.05, 0.1) is 13.7 Å². The van der Waals surface area contributed by atoms with Crippen molar-refractivity contribution in [2.75, 3.05) is 39.2 Å². The van der Waals surface area contributed by atoms with Crippen LogP contribution < -0.4 is 14.8 Å². The second-order valence-corrected chi connectivity index (χ2v) is 6.54. The van der Waals surface area contributed by atoms with Crippen LogP contribution in [0, 0.1) is 3.57 Å². The molecule has 24 heavy (non-hydrogen) atoms. The van der Waals surface area contributed by atoms with Gasteiger partial charge in [-0.3, -0.25) is 9.69 Å². The lowest BCUT2D eigenvalue weighted by Gasteiger charge is -2.17. The molecule has 0 spiro atoms. The Labute approximate surface area is 156 Å². The summed E-state index contributed by atoms with van der Waals surface area (Å²) in [5.41, 5.74) is 0.805. The van der Waals surface area contributed by atoms with Crippen molar-refractivity contribution in [2.24, 2.45) is 0 Å². The number of carbonyl (C=O) groups excluding carboxylic acids is 1. The predicted octanol–water partition coefficient (Wildman–Crippen LogP) is 3.25. The highest BCUT2D eigenvalue weighted by molar-refractivity contribution is 14.1. The van der Waals surface area contributed by atoms with Crippen LogP contribution >= 0.6 is 22.6 Å². The van der Waals surface area contributed by atoms with E-state index >= 15 is 0 Å². The second kappa shape index (κ2) is 9.48. The number of hydrogen-bond donors (Lipinski definition) is 1. The van der Waals surface area contributed by atoms with Gasteiger partial charge in [-0.2, -0.15) is 0 Å². The van der Waals surface area contributed by atoms with Gasteiger partial charge in [0.15, 0.2) is 11.5 Å². The molecule has 0 atom stereocenters. The van der Waals surface area contributed by atoms with E-state index in [1.807, 2.05) is 60.5 Å². The fourth-order valence-electron chi connectivity index (χ4n) is 2.11.